The highest BCUT2D eigenvalue weighted by Crippen LogP contribution is 2.09. The summed E-state index contributed by atoms with van der Waals surface area (Å²) in [5, 5.41) is 34.5. The van der Waals surface area contributed by atoms with Crippen molar-refractivity contribution in [1.29, 1.82) is 0 Å². The molecular formula is C19H23ClN6O4. The maximum atomic E-state index is 10.6. The summed E-state index contributed by atoms with van der Waals surface area (Å²) in [5.74, 6) is -1.24. The topological polar surface area (TPSA) is 133 Å². The van der Waals surface area contributed by atoms with Crippen LogP contribution in [0.25, 0.3) is 0 Å². The number of hydrogen-bond donors (Lipinski definition) is 2. The second-order valence-corrected chi connectivity index (χ2v) is 6.05. The monoisotopic (exact) mass is 434 g/mol. The third-order valence-electron chi connectivity index (χ3n) is 3.79. The summed E-state index contributed by atoms with van der Waals surface area (Å²) < 4.78 is 3.52. The van der Waals surface area contributed by atoms with E-state index in [1.165, 1.54) is 0 Å². The molecule has 0 unspecified atom stereocenters. The molecule has 0 spiro atoms. The average Bonchev–Trinajstić information content (AvgIpc) is 2.72. The molecule has 2 aromatic heterocycles. The van der Waals surface area contributed by atoms with Gasteiger partial charge in [0.05, 0.1) is 17.5 Å². The maximum Gasteiger partial charge on any atom is 0.309 e. The van der Waals surface area contributed by atoms with Crippen molar-refractivity contribution in [3.8, 4) is 0 Å². The van der Waals surface area contributed by atoms with E-state index in [-0.39, 0.29) is 25.2 Å². The van der Waals surface area contributed by atoms with E-state index in [0.29, 0.717) is 36.4 Å². The molecule has 11 heteroatoms. The number of rotatable bonds is 9. The SMILES string of the molecule is CCC(N=Nc1cc[n+](CCC(=O)O)cc1)=NN=c1ccn(CCC(=O)O)cc1.[Cl-]. The van der Waals surface area contributed by atoms with E-state index in [2.05, 4.69) is 20.4 Å². The highest BCUT2D eigenvalue weighted by molar-refractivity contribution is 5.82. The summed E-state index contributed by atoms with van der Waals surface area (Å²) in [6.45, 7) is 2.67. The van der Waals surface area contributed by atoms with Crippen LogP contribution in [0.4, 0.5) is 5.69 Å². The van der Waals surface area contributed by atoms with Gasteiger partial charge in [0.25, 0.3) is 0 Å². The van der Waals surface area contributed by atoms with Gasteiger partial charge >= 0.3 is 11.9 Å². The summed E-state index contributed by atoms with van der Waals surface area (Å²) in [5.41, 5.74) is 0.622. The Morgan fingerprint density at radius 3 is 2.23 bits per heavy atom. The zero-order valence-electron chi connectivity index (χ0n) is 16.4. The quantitative estimate of drug-likeness (QED) is 0.174. The maximum absolute atomic E-state index is 10.6. The predicted octanol–water partition coefficient (Wildman–Crippen LogP) is -0.863. The molecule has 0 atom stereocenters. The third-order valence-corrected chi connectivity index (χ3v) is 3.79. The minimum atomic E-state index is -0.845. The van der Waals surface area contributed by atoms with Crippen molar-refractivity contribution in [1.82, 2.24) is 4.57 Å². The molecule has 160 valence electrons. The van der Waals surface area contributed by atoms with Crippen LogP contribution < -0.4 is 22.3 Å². The smallest absolute Gasteiger partial charge is 0.309 e. The first-order valence-corrected chi connectivity index (χ1v) is 9.07. The molecule has 0 amide bonds. The molecule has 0 radical (unpaired) electrons. The minimum absolute atomic E-state index is 0. The van der Waals surface area contributed by atoms with Gasteiger partial charge in [0.15, 0.2) is 24.8 Å². The zero-order valence-corrected chi connectivity index (χ0v) is 17.2. The number of azo groups is 1. The summed E-state index contributed by atoms with van der Waals surface area (Å²) >= 11 is 0. The van der Waals surface area contributed by atoms with Gasteiger partial charge in [-0.1, -0.05) is 6.92 Å². The van der Waals surface area contributed by atoms with Crippen LogP contribution in [-0.4, -0.2) is 32.6 Å². The van der Waals surface area contributed by atoms with Crippen molar-refractivity contribution in [2.45, 2.75) is 39.3 Å². The lowest BCUT2D eigenvalue weighted by Crippen LogP contribution is -3.00. The van der Waals surface area contributed by atoms with Crippen LogP contribution in [0.3, 0.4) is 0 Å². The number of halogens is 1. The summed E-state index contributed by atoms with van der Waals surface area (Å²) in [6.07, 6.45) is 7.63. The number of nitrogens with zero attached hydrogens (tertiary/aromatic N) is 6. The molecule has 2 aromatic rings. The van der Waals surface area contributed by atoms with Crippen LogP contribution in [0.15, 0.2) is 69.5 Å². The lowest BCUT2D eigenvalue weighted by atomic mass is 10.4. The molecule has 0 saturated heterocycles. The van der Waals surface area contributed by atoms with Gasteiger partial charge < -0.3 is 27.2 Å². The Bertz CT molecular complexity index is 949. The molecule has 0 saturated carbocycles. The van der Waals surface area contributed by atoms with Crippen molar-refractivity contribution >= 4 is 23.5 Å². The second-order valence-electron chi connectivity index (χ2n) is 6.05. The fourth-order valence-electron chi connectivity index (χ4n) is 2.17. The van der Waals surface area contributed by atoms with Crippen molar-refractivity contribution < 1.29 is 36.8 Å². The number of carboxylic acids is 2. The molecule has 10 nitrogen and oxygen atoms in total. The average molecular weight is 435 g/mol. The Labute approximate surface area is 179 Å². The van der Waals surface area contributed by atoms with Crippen LogP contribution in [0, 0.1) is 0 Å². The molecular weight excluding hydrogens is 412 g/mol. The lowest BCUT2D eigenvalue weighted by Gasteiger charge is -2.02. The van der Waals surface area contributed by atoms with Crippen LogP contribution in [-0.2, 0) is 22.7 Å². The molecule has 2 N–H and O–H groups in total. The standard InChI is InChI=1S/C19H22N6O4.ClH/c1-2-17(22-20-15-3-9-24(10-4-15)13-7-18(26)27)23-21-16-5-11-25(12-6-16)14-8-19(28)29;/h3-6,9-12H,2,7-8,13-14H2,1H3,(H-,26,27,28,29);1H. The summed E-state index contributed by atoms with van der Waals surface area (Å²) in [7, 11) is 0. The lowest BCUT2D eigenvalue weighted by molar-refractivity contribution is -0.695. The van der Waals surface area contributed by atoms with E-state index in [1.807, 2.05) is 6.92 Å². The Kier molecular flexibility index (Phi) is 10.6. The Morgan fingerprint density at radius 2 is 1.67 bits per heavy atom. The number of aryl methyl sites for hydroxylation is 2. The number of aliphatic carboxylic acids is 2. The van der Waals surface area contributed by atoms with Gasteiger partial charge in [-0.05, 0) is 12.1 Å². The Balaban J connectivity index is 0.00000450. The Hall–Kier alpha value is -3.40. The van der Waals surface area contributed by atoms with Gasteiger partial charge in [-0.2, -0.15) is 0 Å². The third kappa shape index (κ3) is 9.20. The fourth-order valence-corrected chi connectivity index (χ4v) is 2.17. The number of hydrogen-bond acceptors (Lipinski definition) is 5. The number of carboxylic acid groups (broad SMARTS) is 2. The largest absolute Gasteiger partial charge is 1.00 e. The number of pyridine rings is 2. The Morgan fingerprint density at radius 1 is 1.03 bits per heavy atom. The highest BCUT2D eigenvalue weighted by Gasteiger charge is 2.04. The van der Waals surface area contributed by atoms with Crippen LogP contribution >= 0.6 is 0 Å². The first-order chi connectivity index (χ1) is 14.0. The molecule has 2 rings (SSSR count). The van der Waals surface area contributed by atoms with Gasteiger partial charge in [0, 0.05) is 37.5 Å². The van der Waals surface area contributed by atoms with Crippen LogP contribution in [0.1, 0.15) is 26.2 Å². The van der Waals surface area contributed by atoms with Gasteiger partial charge in [-0.3, -0.25) is 9.59 Å². The van der Waals surface area contributed by atoms with Gasteiger partial charge in [0.2, 0.25) is 0 Å². The van der Waals surface area contributed by atoms with E-state index >= 15 is 0 Å². The van der Waals surface area contributed by atoms with Gasteiger partial charge in [0.1, 0.15) is 6.42 Å². The number of carbonyl (C=O) groups is 2. The zero-order chi connectivity index (χ0) is 21.1. The first kappa shape index (κ1) is 24.6. The van der Waals surface area contributed by atoms with E-state index in [0.717, 1.165) is 0 Å². The van der Waals surface area contributed by atoms with Crippen molar-refractivity contribution in [2.24, 2.45) is 20.4 Å². The fraction of sp³-hybridized carbons (Fsp3) is 0.316. The van der Waals surface area contributed by atoms with Crippen LogP contribution in [0.5, 0.6) is 0 Å². The number of amidine groups is 1. The predicted molar refractivity (Wildman–Crippen MR) is 103 cm³/mol. The first-order valence-electron chi connectivity index (χ1n) is 9.07. The molecule has 0 aromatic carbocycles. The van der Waals surface area contributed by atoms with E-state index in [9.17, 15) is 9.59 Å². The van der Waals surface area contributed by atoms with Crippen molar-refractivity contribution in [3.63, 3.8) is 0 Å². The van der Waals surface area contributed by atoms with Gasteiger partial charge in [-0.15, -0.1) is 20.4 Å². The second kappa shape index (κ2) is 12.9. The van der Waals surface area contributed by atoms with Crippen molar-refractivity contribution in [3.05, 3.63) is 54.4 Å². The van der Waals surface area contributed by atoms with Gasteiger partial charge in [-0.25, -0.2) is 4.57 Å². The van der Waals surface area contributed by atoms with Crippen molar-refractivity contribution in [2.75, 3.05) is 0 Å². The molecule has 2 heterocycles. The molecule has 0 aliphatic rings. The highest BCUT2D eigenvalue weighted by atomic mass is 35.5. The molecule has 0 bridgehead atoms. The number of aromatic nitrogens is 2. The molecule has 0 aliphatic carbocycles. The minimum Gasteiger partial charge on any atom is -1.00 e. The molecule has 0 fully saturated rings. The normalized spacial score (nSPS) is 11.2. The molecule has 0 aliphatic heterocycles. The molecule has 30 heavy (non-hydrogen) atoms. The van der Waals surface area contributed by atoms with E-state index < -0.39 is 11.9 Å². The van der Waals surface area contributed by atoms with Crippen LogP contribution in [0.2, 0.25) is 0 Å². The van der Waals surface area contributed by atoms with E-state index in [1.54, 1.807) is 58.2 Å². The summed E-state index contributed by atoms with van der Waals surface area (Å²) in [4.78, 5) is 21.2. The summed E-state index contributed by atoms with van der Waals surface area (Å²) in [6, 6.07) is 6.96. The van der Waals surface area contributed by atoms with E-state index in [4.69, 9.17) is 10.2 Å².